The third-order valence-electron chi connectivity index (χ3n) is 3.28. The number of nitrogens with zero attached hydrogens (tertiary/aromatic N) is 1. The lowest BCUT2D eigenvalue weighted by Gasteiger charge is -2.08. The summed E-state index contributed by atoms with van der Waals surface area (Å²) in [5, 5.41) is 4.43. The largest absolute Gasteiger partial charge is 0.335 e. The van der Waals surface area contributed by atoms with Crippen molar-refractivity contribution < 1.29 is 0 Å². The molecule has 0 radical (unpaired) electrons. The van der Waals surface area contributed by atoms with E-state index < -0.39 is 0 Å². The van der Waals surface area contributed by atoms with Crippen LogP contribution in [0.5, 0.6) is 0 Å². The van der Waals surface area contributed by atoms with Gasteiger partial charge in [-0.1, -0.05) is 64.1 Å². The second kappa shape index (κ2) is 6.02. The second-order valence-electron chi connectivity index (χ2n) is 4.76. The maximum absolute atomic E-state index is 4.78. The van der Waals surface area contributed by atoms with Crippen molar-refractivity contribution in [2.45, 2.75) is 13.0 Å². The molecule has 20 heavy (non-hydrogen) atoms. The van der Waals surface area contributed by atoms with Crippen LogP contribution < -0.4 is 5.32 Å². The molecule has 4 heteroatoms. The van der Waals surface area contributed by atoms with E-state index in [0.717, 1.165) is 21.1 Å². The summed E-state index contributed by atoms with van der Waals surface area (Å²) in [7, 11) is 0. The lowest BCUT2D eigenvalue weighted by molar-refractivity contribution is 0.849. The first-order chi connectivity index (χ1) is 9.72. The predicted octanol–water partition coefficient (Wildman–Crippen LogP) is 5.01. The first kappa shape index (κ1) is 13.7. The molecule has 1 atom stereocenters. The zero-order chi connectivity index (χ0) is 13.9. The third-order valence-corrected chi connectivity index (χ3v) is 4.73. The Bertz CT molecular complexity index is 640. The fourth-order valence-corrected chi connectivity index (χ4v) is 3.46. The predicted molar refractivity (Wildman–Crippen MR) is 91.6 cm³/mol. The Labute approximate surface area is 131 Å². The number of aliphatic imine (C=N–C) groups is 1. The second-order valence-corrected chi connectivity index (χ2v) is 6.68. The molecule has 1 unspecified atom stereocenters. The molecule has 0 aliphatic carbocycles. The minimum absolute atomic E-state index is 0.260. The standard InChI is InChI=1S/C16H15BrN2S/c1-11-7-8-13(17)9-14(11)18-16-19-15(10-20-16)12-5-3-2-4-6-12/h2-9,15H,10H2,1H3,(H,18,19). The number of hydrogen-bond acceptors (Lipinski definition) is 3. The van der Waals surface area contributed by atoms with Crippen LogP contribution in [-0.4, -0.2) is 10.9 Å². The molecular formula is C16H15BrN2S. The molecule has 0 spiro atoms. The van der Waals surface area contributed by atoms with Gasteiger partial charge in [0.25, 0.3) is 0 Å². The lowest BCUT2D eigenvalue weighted by atomic mass is 10.1. The third kappa shape index (κ3) is 3.07. The van der Waals surface area contributed by atoms with E-state index in [1.54, 1.807) is 11.8 Å². The van der Waals surface area contributed by atoms with Crippen molar-refractivity contribution in [2.75, 3.05) is 11.1 Å². The first-order valence-electron chi connectivity index (χ1n) is 6.51. The van der Waals surface area contributed by atoms with E-state index in [2.05, 4.69) is 70.6 Å². The van der Waals surface area contributed by atoms with Gasteiger partial charge in [-0.05, 0) is 30.2 Å². The normalized spacial score (nSPS) is 17.9. The van der Waals surface area contributed by atoms with Crippen LogP contribution in [0.1, 0.15) is 17.2 Å². The zero-order valence-corrected chi connectivity index (χ0v) is 13.5. The van der Waals surface area contributed by atoms with Gasteiger partial charge in [-0.3, -0.25) is 4.99 Å². The molecule has 2 nitrogen and oxygen atoms in total. The Morgan fingerprint density at radius 2 is 2.00 bits per heavy atom. The summed E-state index contributed by atoms with van der Waals surface area (Å²) in [4.78, 5) is 4.78. The number of rotatable bonds is 2. The smallest absolute Gasteiger partial charge is 0.161 e. The minimum atomic E-state index is 0.260. The van der Waals surface area contributed by atoms with Gasteiger partial charge in [0.15, 0.2) is 5.17 Å². The van der Waals surface area contributed by atoms with Crippen LogP contribution in [0.15, 0.2) is 58.0 Å². The highest BCUT2D eigenvalue weighted by Crippen LogP contribution is 2.31. The number of amidine groups is 1. The summed E-state index contributed by atoms with van der Waals surface area (Å²) < 4.78 is 1.08. The summed E-state index contributed by atoms with van der Waals surface area (Å²) in [6.45, 7) is 2.10. The van der Waals surface area contributed by atoms with E-state index in [9.17, 15) is 0 Å². The monoisotopic (exact) mass is 346 g/mol. The summed E-state index contributed by atoms with van der Waals surface area (Å²) in [5.74, 6) is 0.999. The number of thioether (sulfide) groups is 1. The molecule has 3 rings (SSSR count). The summed E-state index contributed by atoms with van der Waals surface area (Å²) in [6.07, 6.45) is 0. The van der Waals surface area contributed by atoms with Gasteiger partial charge in [0, 0.05) is 15.9 Å². The molecule has 0 fully saturated rings. The van der Waals surface area contributed by atoms with Crippen molar-refractivity contribution in [1.82, 2.24) is 0 Å². The van der Waals surface area contributed by atoms with Crippen LogP contribution in [-0.2, 0) is 0 Å². The number of nitrogens with one attached hydrogen (secondary N) is 1. The number of hydrogen-bond donors (Lipinski definition) is 1. The van der Waals surface area contributed by atoms with Gasteiger partial charge in [-0.15, -0.1) is 0 Å². The van der Waals surface area contributed by atoms with Crippen LogP contribution in [0.25, 0.3) is 0 Å². The Morgan fingerprint density at radius 1 is 1.20 bits per heavy atom. The van der Waals surface area contributed by atoms with Crippen LogP contribution in [0.4, 0.5) is 5.69 Å². The molecule has 0 amide bonds. The van der Waals surface area contributed by atoms with Crippen molar-refractivity contribution in [3.8, 4) is 0 Å². The van der Waals surface area contributed by atoms with E-state index in [-0.39, 0.29) is 6.04 Å². The van der Waals surface area contributed by atoms with E-state index >= 15 is 0 Å². The minimum Gasteiger partial charge on any atom is -0.335 e. The first-order valence-corrected chi connectivity index (χ1v) is 8.29. The fourth-order valence-electron chi connectivity index (χ4n) is 2.13. The van der Waals surface area contributed by atoms with Crippen LogP contribution in [0.3, 0.4) is 0 Å². The van der Waals surface area contributed by atoms with Gasteiger partial charge in [0.1, 0.15) is 0 Å². The Balaban J connectivity index is 1.77. The fraction of sp³-hybridized carbons (Fsp3) is 0.188. The van der Waals surface area contributed by atoms with Gasteiger partial charge in [0.05, 0.1) is 6.04 Å². The molecule has 2 aromatic carbocycles. The SMILES string of the molecule is Cc1ccc(Br)cc1NC1=NC(c2ccccc2)CS1. The average Bonchev–Trinajstić information content (AvgIpc) is 2.92. The Kier molecular flexibility index (Phi) is 4.13. The van der Waals surface area contributed by atoms with Gasteiger partial charge < -0.3 is 5.32 Å². The number of anilines is 1. The molecule has 1 aliphatic heterocycles. The quantitative estimate of drug-likeness (QED) is 0.825. The van der Waals surface area contributed by atoms with E-state index in [4.69, 9.17) is 4.99 Å². The van der Waals surface area contributed by atoms with E-state index in [0.29, 0.717) is 0 Å². The van der Waals surface area contributed by atoms with E-state index in [1.165, 1.54) is 11.1 Å². The van der Waals surface area contributed by atoms with Gasteiger partial charge in [-0.25, -0.2) is 0 Å². The van der Waals surface area contributed by atoms with Crippen molar-refractivity contribution in [3.05, 3.63) is 64.1 Å². The van der Waals surface area contributed by atoms with Crippen LogP contribution in [0, 0.1) is 6.92 Å². The molecule has 0 saturated carbocycles. The summed E-state index contributed by atoms with van der Waals surface area (Å²) in [6, 6.07) is 17.0. The average molecular weight is 347 g/mol. The Morgan fingerprint density at radius 3 is 2.80 bits per heavy atom. The maximum atomic E-state index is 4.78. The highest BCUT2D eigenvalue weighted by Gasteiger charge is 2.20. The molecule has 1 heterocycles. The van der Waals surface area contributed by atoms with E-state index in [1.807, 2.05) is 6.07 Å². The topological polar surface area (TPSA) is 24.4 Å². The highest BCUT2D eigenvalue weighted by molar-refractivity contribution is 9.10. The van der Waals surface area contributed by atoms with Gasteiger partial charge >= 0.3 is 0 Å². The lowest BCUT2D eigenvalue weighted by Crippen LogP contribution is -2.06. The molecule has 102 valence electrons. The van der Waals surface area contributed by atoms with Crippen molar-refractivity contribution in [1.29, 1.82) is 0 Å². The number of aryl methyl sites for hydroxylation is 1. The van der Waals surface area contributed by atoms with Crippen LogP contribution >= 0.6 is 27.7 Å². The molecular weight excluding hydrogens is 332 g/mol. The summed E-state index contributed by atoms with van der Waals surface area (Å²) in [5.41, 5.74) is 3.61. The molecule has 0 aromatic heterocycles. The molecule has 1 aliphatic rings. The number of halogens is 1. The van der Waals surface area contributed by atoms with Gasteiger partial charge in [-0.2, -0.15) is 0 Å². The van der Waals surface area contributed by atoms with Gasteiger partial charge in [0.2, 0.25) is 0 Å². The highest BCUT2D eigenvalue weighted by atomic mass is 79.9. The molecule has 2 aromatic rings. The molecule has 0 saturated heterocycles. The molecule has 0 bridgehead atoms. The van der Waals surface area contributed by atoms with Crippen molar-refractivity contribution in [2.24, 2.45) is 4.99 Å². The maximum Gasteiger partial charge on any atom is 0.161 e. The zero-order valence-electron chi connectivity index (χ0n) is 11.1. The van der Waals surface area contributed by atoms with Crippen molar-refractivity contribution in [3.63, 3.8) is 0 Å². The van der Waals surface area contributed by atoms with Crippen molar-refractivity contribution >= 4 is 38.5 Å². The number of benzene rings is 2. The van der Waals surface area contributed by atoms with Crippen LogP contribution in [0.2, 0.25) is 0 Å². The Hall–Kier alpha value is -1.26. The molecule has 1 N–H and O–H groups in total. The summed E-state index contributed by atoms with van der Waals surface area (Å²) >= 11 is 5.29.